The van der Waals surface area contributed by atoms with E-state index in [9.17, 15) is 15.2 Å². The summed E-state index contributed by atoms with van der Waals surface area (Å²) in [6.07, 6.45) is 1.28. The highest BCUT2D eigenvalue weighted by molar-refractivity contribution is 5.88. The maximum absolute atomic E-state index is 12.4. The monoisotopic (exact) mass is 402 g/mol. The molecule has 0 bridgehead atoms. The van der Waals surface area contributed by atoms with E-state index >= 15 is 0 Å². The van der Waals surface area contributed by atoms with Gasteiger partial charge in [0.15, 0.2) is 5.58 Å². The zero-order valence-electron chi connectivity index (χ0n) is 16.2. The van der Waals surface area contributed by atoms with E-state index in [0.29, 0.717) is 17.2 Å². The number of nitro benzene ring substituents is 1. The van der Waals surface area contributed by atoms with Crippen LogP contribution in [0.1, 0.15) is 11.1 Å². The van der Waals surface area contributed by atoms with Gasteiger partial charge in [0.2, 0.25) is 5.89 Å². The quantitative estimate of drug-likeness (QED) is 0.275. The van der Waals surface area contributed by atoms with Crippen LogP contribution in [0.2, 0.25) is 0 Å². The van der Waals surface area contributed by atoms with Gasteiger partial charge in [0.25, 0.3) is 5.69 Å². The van der Waals surface area contributed by atoms with Crippen molar-refractivity contribution in [1.29, 1.82) is 0 Å². The lowest BCUT2D eigenvalue weighted by atomic mass is 10.1. The molecule has 0 N–H and O–H groups in total. The van der Waals surface area contributed by atoms with E-state index in [1.54, 1.807) is 18.2 Å². The van der Waals surface area contributed by atoms with E-state index in [0.717, 1.165) is 22.7 Å². The highest BCUT2D eigenvalue weighted by Crippen LogP contribution is 2.32. The van der Waals surface area contributed by atoms with Crippen LogP contribution in [0.25, 0.3) is 22.6 Å². The number of non-ortho nitro benzene ring substituents is 1. The number of hydrogen-bond acceptors (Lipinski definition) is 7. The number of ether oxygens (including phenoxy) is 1. The maximum Gasteiger partial charge on any atom is 0.273 e. The molecule has 8 nitrogen and oxygen atoms in total. The fraction of sp³-hybridized carbons (Fsp3) is 0.0909. The first-order valence-electron chi connectivity index (χ1n) is 9.00. The van der Waals surface area contributed by atoms with Crippen molar-refractivity contribution in [2.75, 3.05) is 7.11 Å². The molecule has 0 aliphatic heterocycles. The molecule has 0 spiro atoms. The minimum absolute atomic E-state index is 0.0592. The molecule has 0 saturated heterocycles. The average Bonchev–Trinajstić information content (AvgIpc) is 3.19. The van der Waals surface area contributed by atoms with Crippen LogP contribution in [-0.4, -0.2) is 23.2 Å². The molecule has 0 unspecified atom stereocenters. The third-order valence-corrected chi connectivity index (χ3v) is 4.57. The number of rotatable bonds is 5. The standard InChI is InChI=1S/C22H17N3O5/c1-13-5-3-8-18-20(13)24-22(30-18)14-6-4-7-16(9-14)23-12-15-10-17(25(27)28)11-19(29-2)21(15)26/h3-12,26H,1-2H3/p-1. The van der Waals surface area contributed by atoms with Crippen molar-refractivity contribution in [2.45, 2.75) is 6.92 Å². The zero-order valence-corrected chi connectivity index (χ0v) is 16.2. The number of oxazole rings is 1. The van der Waals surface area contributed by atoms with Crippen LogP contribution in [0.5, 0.6) is 11.5 Å². The lowest BCUT2D eigenvalue weighted by molar-refractivity contribution is -0.385. The van der Waals surface area contributed by atoms with Gasteiger partial charge in [0.1, 0.15) is 11.3 Å². The first-order valence-corrected chi connectivity index (χ1v) is 9.00. The molecule has 1 aromatic heterocycles. The minimum atomic E-state index is -0.588. The second-order valence-electron chi connectivity index (χ2n) is 6.57. The number of methoxy groups -OCH3 is 1. The maximum atomic E-state index is 12.4. The topological polar surface area (TPSA) is 114 Å². The summed E-state index contributed by atoms with van der Waals surface area (Å²) in [7, 11) is 1.28. The summed E-state index contributed by atoms with van der Waals surface area (Å²) < 4.78 is 10.8. The number of aliphatic imine (C=N–C) groups is 1. The third kappa shape index (κ3) is 3.58. The van der Waals surface area contributed by atoms with Crippen molar-refractivity contribution in [2.24, 2.45) is 4.99 Å². The third-order valence-electron chi connectivity index (χ3n) is 4.57. The molecule has 0 atom stereocenters. The Morgan fingerprint density at radius 3 is 2.70 bits per heavy atom. The van der Waals surface area contributed by atoms with E-state index in [1.807, 2.05) is 31.2 Å². The summed E-state index contributed by atoms with van der Waals surface area (Å²) in [5.74, 6) is -0.128. The molecule has 8 heteroatoms. The zero-order chi connectivity index (χ0) is 21.3. The van der Waals surface area contributed by atoms with Crippen LogP contribution >= 0.6 is 0 Å². The molecular formula is C22H16N3O5-. The van der Waals surface area contributed by atoms with Crippen LogP contribution in [-0.2, 0) is 0 Å². The molecule has 1 heterocycles. The Bertz CT molecular complexity index is 1290. The van der Waals surface area contributed by atoms with Gasteiger partial charge in [-0.2, -0.15) is 0 Å². The molecule has 30 heavy (non-hydrogen) atoms. The number of fused-ring (bicyclic) bond motifs is 1. The Balaban J connectivity index is 1.70. The van der Waals surface area contributed by atoms with E-state index in [2.05, 4.69) is 9.98 Å². The molecule has 0 amide bonds. The second kappa shape index (κ2) is 7.67. The largest absolute Gasteiger partial charge is 0.870 e. The Morgan fingerprint density at radius 1 is 1.17 bits per heavy atom. The fourth-order valence-electron chi connectivity index (χ4n) is 3.03. The van der Waals surface area contributed by atoms with Crippen LogP contribution in [0.15, 0.2) is 64.0 Å². The lowest BCUT2D eigenvalue weighted by Crippen LogP contribution is -2.02. The van der Waals surface area contributed by atoms with Gasteiger partial charge in [-0.3, -0.25) is 15.1 Å². The highest BCUT2D eigenvalue weighted by atomic mass is 16.6. The first-order chi connectivity index (χ1) is 14.5. The lowest BCUT2D eigenvalue weighted by Gasteiger charge is -2.14. The average molecular weight is 402 g/mol. The Labute approximate surface area is 171 Å². The normalized spacial score (nSPS) is 11.3. The molecule has 0 radical (unpaired) electrons. The summed E-state index contributed by atoms with van der Waals surface area (Å²) in [6.45, 7) is 1.96. The molecule has 3 aromatic carbocycles. The predicted octanol–water partition coefficient (Wildman–Crippen LogP) is 4.54. The molecule has 0 fully saturated rings. The van der Waals surface area contributed by atoms with Crippen molar-refractivity contribution in [3.63, 3.8) is 0 Å². The van der Waals surface area contributed by atoms with E-state index in [1.165, 1.54) is 19.4 Å². The van der Waals surface area contributed by atoms with Gasteiger partial charge in [-0.1, -0.05) is 23.9 Å². The van der Waals surface area contributed by atoms with E-state index in [4.69, 9.17) is 9.15 Å². The Kier molecular flexibility index (Phi) is 4.89. The number of aryl methyl sites for hydroxylation is 1. The summed E-state index contributed by atoms with van der Waals surface area (Å²) >= 11 is 0. The van der Waals surface area contributed by atoms with Gasteiger partial charge >= 0.3 is 0 Å². The number of para-hydroxylation sites is 1. The first kappa shape index (κ1) is 19.1. The molecule has 4 rings (SSSR count). The van der Waals surface area contributed by atoms with Gasteiger partial charge in [-0.15, -0.1) is 0 Å². The number of hydrogen-bond donors (Lipinski definition) is 0. The van der Waals surface area contributed by atoms with Crippen LogP contribution in [0.3, 0.4) is 0 Å². The van der Waals surface area contributed by atoms with Crippen molar-refractivity contribution in [1.82, 2.24) is 4.98 Å². The SMILES string of the molecule is COc1cc([N+](=O)[O-])cc(C=Nc2cccc(-c3nc4c(C)cccc4o3)c2)c1[O-]. The minimum Gasteiger partial charge on any atom is -0.870 e. The van der Waals surface area contributed by atoms with Gasteiger partial charge in [0, 0.05) is 17.8 Å². The van der Waals surface area contributed by atoms with Gasteiger partial charge in [-0.25, -0.2) is 4.98 Å². The van der Waals surface area contributed by atoms with E-state index < -0.39 is 10.7 Å². The Morgan fingerprint density at radius 2 is 1.97 bits per heavy atom. The molecule has 150 valence electrons. The van der Waals surface area contributed by atoms with Crippen molar-refractivity contribution in [3.05, 3.63) is 75.8 Å². The van der Waals surface area contributed by atoms with Gasteiger partial charge < -0.3 is 14.3 Å². The van der Waals surface area contributed by atoms with Crippen molar-refractivity contribution >= 4 is 28.7 Å². The predicted molar refractivity (Wildman–Crippen MR) is 111 cm³/mol. The van der Waals surface area contributed by atoms with Crippen LogP contribution in [0.4, 0.5) is 11.4 Å². The number of nitrogens with zero attached hydrogens (tertiary/aromatic N) is 3. The summed E-state index contributed by atoms with van der Waals surface area (Å²) in [5, 5.41) is 23.4. The Hall–Kier alpha value is -4.20. The molecule has 0 aliphatic rings. The van der Waals surface area contributed by atoms with Crippen molar-refractivity contribution in [3.8, 4) is 23.0 Å². The van der Waals surface area contributed by atoms with Gasteiger partial charge in [0.05, 0.1) is 23.8 Å². The van der Waals surface area contributed by atoms with E-state index in [-0.39, 0.29) is 17.0 Å². The van der Waals surface area contributed by atoms with Crippen LogP contribution < -0.4 is 9.84 Å². The number of nitro groups is 1. The number of aromatic nitrogens is 1. The fourth-order valence-corrected chi connectivity index (χ4v) is 3.03. The molecule has 0 aliphatic carbocycles. The van der Waals surface area contributed by atoms with Crippen LogP contribution in [0, 0.1) is 17.0 Å². The summed E-state index contributed by atoms with van der Waals surface area (Å²) in [4.78, 5) is 19.4. The molecular weight excluding hydrogens is 386 g/mol. The smallest absolute Gasteiger partial charge is 0.273 e. The molecule has 4 aromatic rings. The number of benzene rings is 3. The van der Waals surface area contributed by atoms with Gasteiger partial charge in [-0.05, 0) is 42.3 Å². The molecule has 0 saturated carbocycles. The van der Waals surface area contributed by atoms with Crippen molar-refractivity contribution < 1.29 is 19.2 Å². The highest BCUT2D eigenvalue weighted by Gasteiger charge is 2.12. The summed E-state index contributed by atoms with van der Waals surface area (Å²) in [6, 6.07) is 15.1. The summed E-state index contributed by atoms with van der Waals surface area (Å²) in [5.41, 5.74) is 3.57. The second-order valence-corrected chi connectivity index (χ2v) is 6.57.